The van der Waals surface area contributed by atoms with Gasteiger partial charge in [-0.2, -0.15) is 0 Å². The zero-order valence-electron chi connectivity index (χ0n) is 9.47. The second kappa shape index (κ2) is 6.32. The zero-order chi connectivity index (χ0) is 12.7. The Kier molecular flexibility index (Phi) is 4.75. The van der Waals surface area contributed by atoms with Crippen LogP contribution in [0.5, 0.6) is 5.75 Å². The standard InChI is InChI=1S/C12H14N2O3/c1-17-10-4-2-3-9(7-10)5-6-12(16)14-8-11(13)15/h2-7H,8H2,1H3,(H2,13,15)(H,14,16). The van der Waals surface area contributed by atoms with Gasteiger partial charge in [-0.25, -0.2) is 0 Å². The van der Waals surface area contributed by atoms with E-state index in [9.17, 15) is 9.59 Å². The molecule has 0 aliphatic carbocycles. The van der Waals surface area contributed by atoms with Gasteiger partial charge in [-0.15, -0.1) is 0 Å². The van der Waals surface area contributed by atoms with Crippen molar-refractivity contribution in [3.63, 3.8) is 0 Å². The maximum absolute atomic E-state index is 11.2. The van der Waals surface area contributed by atoms with Crippen LogP contribution in [0.1, 0.15) is 5.56 Å². The van der Waals surface area contributed by atoms with Gasteiger partial charge in [0.15, 0.2) is 0 Å². The first kappa shape index (κ1) is 12.8. The number of nitrogens with two attached hydrogens (primary N) is 1. The summed E-state index contributed by atoms with van der Waals surface area (Å²) in [5.41, 5.74) is 5.72. The van der Waals surface area contributed by atoms with Gasteiger partial charge < -0.3 is 15.8 Å². The van der Waals surface area contributed by atoms with Gasteiger partial charge in [0.2, 0.25) is 11.8 Å². The molecule has 0 atom stereocenters. The van der Waals surface area contributed by atoms with Crippen molar-refractivity contribution in [2.45, 2.75) is 0 Å². The minimum atomic E-state index is -0.576. The Balaban J connectivity index is 2.57. The van der Waals surface area contributed by atoms with Gasteiger partial charge in [0.1, 0.15) is 5.75 Å². The van der Waals surface area contributed by atoms with E-state index in [-0.39, 0.29) is 12.5 Å². The van der Waals surface area contributed by atoms with E-state index in [1.54, 1.807) is 19.3 Å². The summed E-state index contributed by atoms with van der Waals surface area (Å²) in [7, 11) is 1.57. The molecule has 0 bridgehead atoms. The van der Waals surface area contributed by atoms with E-state index in [2.05, 4.69) is 5.32 Å². The number of methoxy groups -OCH3 is 1. The first-order valence-electron chi connectivity index (χ1n) is 5.00. The SMILES string of the molecule is COc1cccc(C=CC(=O)NCC(N)=O)c1. The second-order valence-corrected chi connectivity index (χ2v) is 3.29. The molecule has 5 heteroatoms. The van der Waals surface area contributed by atoms with Crippen molar-refractivity contribution in [3.05, 3.63) is 35.9 Å². The topological polar surface area (TPSA) is 81.4 Å². The van der Waals surface area contributed by atoms with Gasteiger partial charge in [0.05, 0.1) is 13.7 Å². The largest absolute Gasteiger partial charge is 0.497 e. The van der Waals surface area contributed by atoms with Crippen LogP contribution >= 0.6 is 0 Å². The predicted molar refractivity (Wildman–Crippen MR) is 64.2 cm³/mol. The Hall–Kier alpha value is -2.30. The van der Waals surface area contributed by atoms with Crippen molar-refractivity contribution in [1.29, 1.82) is 0 Å². The van der Waals surface area contributed by atoms with Crippen LogP contribution in [0.15, 0.2) is 30.3 Å². The lowest BCUT2D eigenvalue weighted by atomic mass is 10.2. The highest BCUT2D eigenvalue weighted by atomic mass is 16.5. The van der Waals surface area contributed by atoms with Crippen molar-refractivity contribution in [1.82, 2.24) is 5.32 Å². The van der Waals surface area contributed by atoms with Crippen molar-refractivity contribution >= 4 is 17.9 Å². The fourth-order valence-electron chi connectivity index (χ4n) is 1.15. The van der Waals surface area contributed by atoms with Crippen LogP contribution in [-0.2, 0) is 9.59 Å². The Bertz CT molecular complexity index is 441. The highest BCUT2D eigenvalue weighted by Crippen LogP contribution is 2.13. The third-order valence-electron chi connectivity index (χ3n) is 1.96. The summed E-state index contributed by atoms with van der Waals surface area (Å²) in [5, 5.41) is 2.35. The number of nitrogens with one attached hydrogen (secondary N) is 1. The Morgan fingerprint density at radius 1 is 1.47 bits per heavy atom. The summed E-state index contributed by atoms with van der Waals surface area (Å²) in [6.45, 7) is -0.165. The smallest absolute Gasteiger partial charge is 0.244 e. The number of benzene rings is 1. The number of primary amides is 1. The molecule has 0 saturated heterocycles. The van der Waals surface area contributed by atoms with Gasteiger partial charge in [-0.1, -0.05) is 12.1 Å². The van der Waals surface area contributed by atoms with Crippen LogP contribution in [0, 0.1) is 0 Å². The van der Waals surface area contributed by atoms with Crippen LogP contribution in [0.25, 0.3) is 6.08 Å². The summed E-state index contributed by atoms with van der Waals surface area (Å²) in [5.74, 6) is -0.232. The van der Waals surface area contributed by atoms with E-state index < -0.39 is 5.91 Å². The first-order valence-corrected chi connectivity index (χ1v) is 5.00. The van der Waals surface area contributed by atoms with Gasteiger partial charge in [0, 0.05) is 6.08 Å². The zero-order valence-corrected chi connectivity index (χ0v) is 9.47. The molecule has 1 rings (SSSR count). The molecular weight excluding hydrogens is 220 g/mol. The summed E-state index contributed by atoms with van der Waals surface area (Å²) in [6.07, 6.45) is 2.95. The Morgan fingerprint density at radius 2 is 2.24 bits per heavy atom. The van der Waals surface area contributed by atoms with E-state index >= 15 is 0 Å². The van der Waals surface area contributed by atoms with Crippen LogP contribution in [-0.4, -0.2) is 25.5 Å². The van der Waals surface area contributed by atoms with Crippen molar-refractivity contribution in [2.24, 2.45) is 5.73 Å². The molecule has 0 radical (unpaired) electrons. The minimum absolute atomic E-state index is 0.165. The van der Waals surface area contributed by atoms with E-state index in [0.717, 1.165) is 5.56 Å². The molecule has 0 heterocycles. The summed E-state index contributed by atoms with van der Waals surface area (Å²) < 4.78 is 5.04. The van der Waals surface area contributed by atoms with Gasteiger partial charge >= 0.3 is 0 Å². The highest BCUT2D eigenvalue weighted by molar-refractivity contribution is 5.94. The van der Waals surface area contributed by atoms with E-state index in [0.29, 0.717) is 5.75 Å². The molecule has 0 fully saturated rings. The van der Waals surface area contributed by atoms with Crippen molar-refractivity contribution < 1.29 is 14.3 Å². The normalized spacial score (nSPS) is 10.2. The lowest BCUT2D eigenvalue weighted by Crippen LogP contribution is -2.32. The summed E-state index contributed by atoms with van der Waals surface area (Å²) in [6, 6.07) is 7.25. The molecule has 17 heavy (non-hydrogen) atoms. The van der Waals surface area contributed by atoms with Crippen molar-refractivity contribution in [2.75, 3.05) is 13.7 Å². The third-order valence-corrected chi connectivity index (χ3v) is 1.96. The average molecular weight is 234 g/mol. The fraction of sp³-hybridized carbons (Fsp3) is 0.167. The van der Waals surface area contributed by atoms with E-state index in [1.807, 2.05) is 18.2 Å². The number of carbonyl (C=O) groups is 2. The Labute approximate surface area is 99.3 Å². The molecule has 0 aliphatic heterocycles. The molecule has 0 aliphatic rings. The number of ether oxygens (including phenoxy) is 1. The molecule has 2 amide bonds. The molecule has 0 saturated carbocycles. The highest BCUT2D eigenvalue weighted by Gasteiger charge is 1.98. The molecule has 1 aromatic rings. The molecule has 0 unspecified atom stereocenters. The number of hydrogen-bond acceptors (Lipinski definition) is 3. The molecule has 0 spiro atoms. The van der Waals surface area contributed by atoms with Gasteiger partial charge in [-0.3, -0.25) is 9.59 Å². The molecule has 5 nitrogen and oxygen atoms in total. The number of carbonyl (C=O) groups excluding carboxylic acids is 2. The van der Waals surface area contributed by atoms with Gasteiger partial charge in [0.25, 0.3) is 0 Å². The fourth-order valence-corrected chi connectivity index (χ4v) is 1.15. The molecular formula is C12H14N2O3. The van der Waals surface area contributed by atoms with E-state index in [4.69, 9.17) is 10.5 Å². The number of rotatable bonds is 5. The third kappa shape index (κ3) is 4.83. The maximum atomic E-state index is 11.2. The molecule has 90 valence electrons. The average Bonchev–Trinajstić information content (AvgIpc) is 2.34. The van der Waals surface area contributed by atoms with Crippen LogP contribution < -0.4 is 15.8 Å². The summed E-state index contributed by atoms with van der Waals surface area (Å²) in [4.78, 5) is 21.7. The maximum Gasteiger partial charge on any atom is 0.244 e. The second-order valence-electron chi connectivity index (χ2n) is 3.29. The van der Waals surface area contributed by atoms with Gasteiger partial charge in [-0.05, 0) is 23.8 Å². The number of amides is 2. The summed E-state index contributed by atoms with van der Waals surface area (Å²) >= 11 is 0. The molecule has 0 aromatic heterocycles. The quantitative estimate of drug-likeness (QED) is 0.719. The minimum Gasteiger partial charge on any atom is -0.497 e. The lowest BCUT2D eigenvalue weighted by molar-refractivity contribution is -0.122. The molecule has 1 aromatic carbocycles. The molecule has 3 N–H and O–H groups in total. The van der Waals surface area contributed by atoms with Crippen molar-refractivity contribution in [3.8, 4) is 5.75 Å². The Morgan fingerprint density at radius 3 is 2.88 bits per heavy atom. The lowest BCUT2D eigenvalue weighted by Gasteiger charge is -2.00. The van der Waals surface area contributed by atoms with Crippen LogP contribution in [0.4, 0.5) is 0 Å². The predicted octanol–water partition coefficient (Wildman–Crippen LogP) is 0.310. The van der Waals surface area contributed by atoms with Crippen LogP contribution in [0.3, 0.4) is 0 Å². The van der Waals surface area contributed by atoms with E-state index in [1.165, 1.54) is 6.08 Å². The first-order chi connectivity index (χ1) is 8.11. The van der Waals surface area contributed by atoms with Crippen LogP contribution in [0.2, 0.25) is 0 Å². The monoisotopic (exact) mass is 234 g/mol. The number of hydrogen-bond donors (Lipinski definition) is 2.